The van der Waals surface area contributed by atoms with Crippen molar-refractivity contribution >= 4 is 15.9 Å². The lowest BCUT2D eigenvalue weighted by molar-refractivity contribution is -0.0760. The molecular weight excluding hydrogens is 310 g/mol. The van der Waals surface area contributed by atoms with Gasteiger partial charge < -0.3 is 15.1 Å². The second kappa shape index (κ2) is 5.91. The van der Waals surface area contributed by atoms with E-state index in [0.717, 1.165) is 23.9 Å². The Morgan fingerprint density at radius 1 is 1.47 bits per heavy atom. The van der Waals surface area contributed by atoms with Crippen molar-refractivity contribution in [2.24, 2.45) is 0 Å². The molecule has 1 saturated carbocycles. The van der Waals surface area contributed by atoms with Gasteiger partial charge in [-0.2, -0.15) is 5.10 Å². The molecule has 0 radical (unpaired) electrons. The van der Waals surface area contributed by atoms with Gasteiger partial charge in [-0.3, -0.25) is 4.68 Å². The van der Waals surface area contributed by atoms with Crippen LogP contribution >= 0.6 is 15.9 Å². The Labute approximate surface area is 122 Å². The summed E-state index contributed by atoms with van der Waals surface area (Å²) in [6.45, 7) is 1.54. The van der Waals surface area contributed by atoms with Gasteiger partial charge in [0.2, 0.25) is 0 Å². The van der Waals surface area contributed by atoms with Crippen LogP contribution in [0.2, 0.25) is 0 Å². The number of hydrogen-bond donors (Lipinski definition) is 2. The molecule has 1 fully saturated rings. The van der Waals surface area contributed by atoms with Crippen LogP contribution in [0.3, 0.4) is 0 Å². The number of hydrogen-bond acceptors (Lipinski definition) is 4. The van der Waals surface area contributed by atoms with Crippen LogP contribution in [0.4, 0.5) is 0 Å². The summed E-state index contributed by atoms with van der Waals surface area (Å²) in [6.07, 6.45) is 4.05. The van der Waals surface area contributed by atoms with E-state index in [2.05, 4.69) is 25.9 Å². The molecule has 6 heteroatoms. The SMILES string of the molecule is CN(C)CCn1ncc(Br)c1C(O)C1(O)CCCC1. The first-order chi connectivity index (χ1) is 8.94. The van der Waals surface area contributed by atoms with E-state index in [-0.39, 0.29) is 0 Å². The molecule has 0 amide bonds. The fourth-order valence-electron chi connectivity index (χ4n) is 2.63. The molecule has 0 bridgehead atoms. The lowest BCUT2D eigenvalue weighted by atomic mass is 9.92. The maximum atomic E-state index is 10.5. The van der Waals surface area contributed by atoms with E-state index in [1.54, 1.807) is 10.9 Å². The first-order valence-corrected chi connectivity index (χ1v) is 7.50. The molecule has 5 nitrogen and oxygen atoms in total. The summed E-state index contributed by atoms with van der Waals surface area (Å²) in [5.74, 6) is 0. The molecule has 0 spiro atoms. The Kier molecular flexibility index (Phi) is 4.66. The smallest absolute Gasteiger partial charge is 0.125 e. The van der Waals surface area contributed by atoms with Crippen molar-refractivity contribution in [3.63, 3.8) is 0 Å². The molecule has 1 aliphatic carbocycles. The van der Waals surface area contributed by atoms with Crippen molar-refractivity contribution in [3.8, 4) is 0 Å². The quantitative estimate of drug-likeness (QED) is 0.859. The van der Waals surface area contributed by atoms with E-state index >= 15 is 0 Å². The number of likely N-dealkylation sites (N-methyl/N-ethyl adjacent to an activating group) is 1. The Bertz CT molecular complexity index is 428. The minimum absolute atomic E-state index is 0.652. The maximum Gasteiger partial charge on any atom is 0.125 e. The van der Waals surface area contributed by atoms with Gasteiger partial charge in [-0.15, -0.1) is 0 Å². The Morgan fingerprint density at radius 2 is 2.11 bits per heavy atom. The Balaban J connectivity index is 2.20. The second-order valence-electron chi connectivity index (χ2n) is 5.62. The summed E-state index contributed by atoms with van der Waals surface area (Å²) in [5, 5.41) is 25.4. The summed E-state index contributed by atoms with van der Waals surface area (Å²) < 4.78 is 2.55. The third-order valence-corrected chi connectivity index (χ3v) is 4.44. The van der Waals surface area contributed by atoms with E-state index in [0.29, 0.717) is 25.1 Å². The van der Waals surface area contributed by atoms with Gasteiger partial charge in [0.25, 0.3) is 0 Å². The summed E-state index contributed by atoms with van der Waals surface area (Å²) in [6, 6.07) is 0. The van der Waals surface area contributed by atoms with Gasteiger partial charge in [0.1, 0.15) is 6.10 Å². The van der Waals surface area contributed by atoms with Crippen molar-refractivity contribution in [2.75, 3.05) is 20.6 Å². The highest BCUT2D eigenvalue weighted by Gasteiger charge is 2.41. The zero-order chi connectivity index (χ0) is 14.0. The molecule has 1 aliphatic rings. The normalized spacial score (nSPS) is 20.1. The molecule has 2 rings (SSSR count). The zero-order valence-corrected chi connectivity index (χ0v) is 13.1. The van der Waals surface area contributed by atoms with E-state index in [1.165, 1.54) is 0 Å². The highest BCUT2D eigenvalue weighted by molar-refractivity contribution is 9.10. The van der Waals surface area contributed by atoms with E-state index in [1.807, 2.05) is 14.1 Å². The minimum Gasteiger partial charge on any atom is -0.387 e. The Hall–Kier alpha value is -0.430. The molecule has 1 heterocycles. The molecule has 108 valence electrons. The summed E-state index contributed by atoms with van der Waals surface area (Å²) >= 11 is 3.43. The third-order valence-electron chi connectivity index (χ3n) is 3.83. The highest BCUT2D eigenvalue weighted by atomic mass is 79.9. The number of rotatable bonds is 5. The van der Waals surface area contributed by atoms with E-state index < -0.39 is 11.7 Å². The third kappa shape index (κ3) is 3.18. The van der Waals surface area contributed by atoms with Gasteiger partial charge in [-0.25, -0.2) is 0 Å². The van der Waals surface area contributed by atoms with E-state index in [4.69, 9.17) is 0 Å². The molecule has 1 aromatic heterocycles. The standard InChI is InChI=1S/C13H22BrN3O2/c1-16(2)7-8-17-11(10(14)9-15-17)12(18)13(19)5-3-4-6-13/h9,12,18-19H,3-8H2,1-2H3. The monoisotopic (exact) mass is 331 g/mol. The van der Waals surface area contributed by atoms with Crippen molar-refractivity contribution in [3.05, 3.63) is 16.4 Å². The molecule has 1 unspecified atom stereocenters. The predicted octanol–water partition coefficient (Wildman–Crippen LogP) is 1.55. The van der Waals surface area contributed by atoms with Crippen molar-refractivity contribution in [1.29, 1.82) is 0 Å². The van der Waals surface area contributed by atoms with Gasteiger partial charge in [-0.05, 0) is 42.9 Å². The first-order valence-electron chi connectivity index (χ1n) is 6.70. The van der Waals surface area contributed by atoms with Gasteiger partial charge in [-0.1, -0.05) is 12.8 Å². The van der Waals surface area contributed by atoms with Crippen LogP contribution in [0.15, 0.2) is 10.7 Å². The molecule has 2 N–H and O–H groups in total. The topological polar surface area (TPSA) is 61.5 Å². The van der Waals surface area contributed by atoms with E-state index in [9.17, 15) is 10.2 Å². The fraction of sp³-hybridized carbons (Fsp3) is 0.769. The summed E-state index contributed by atoms with van der Waals surface area (Å²) in [7, 11) is 4.00. The highest BCUT2D eigenvalue weighted by Crippen LogP contribution is 2.41. The number of aliphatic hydroxyl groups is 2. The lowest BCUT2D eigenvalue weighted by Gasteiger charge is -2.29. The number of aromatic nitrogens is 2. The average Bonchev–Trinajstić information content (AvgIpc) is 2.93. The van der Waals surface area contributed by atoms with Crippen LogP contribution < -0.4 is 0 Å². The van der Waals surface area contributed by atoms with Gasteiger partial charge >= 0.3 is 0 Å². The molecule has 0 aliphatic heterocycles. The molecule has 1 aromatic rings. The Morgan fingerprint density at radius 3 is 2.68 bits per heavy atom. The van der Waals surface area contributed by atoms with Crippen molar-refractivity contribution in [1.82, 2.24) is 14.7 Å². The summed E-state index contributed by atoms with van der Waals surface area (Å²) in [5.41, 5.74) is -0.315. The van der Waals surface area contributed by atoms with Crippen LogP contribution in [0.25, 0.3) is 0 Å². The number of nitrogens with zero attached hydrogens (tertiary/aromatic N) is 3. The van der Waals surface area contributed by atoms with Crippen molar-refractivity contribution in [2.45, 2.75) is 43.9 Å². The zero-order valence-electron chi connectivity index (χ0n) is 11.5. The largest absolute Gasteiger partial charge is 0.387 e. The first kappa shape index (κ1) is 15.0. The van der Waals surface area contributed by atoms with Crippen LogP contribution in [-0.4, -0.2) is 51.1 Å². The molecule has 1 atom stereocenters. The summed E-state index contributed by atoms with van der Waals surface area (Å²) in [4.78, 5) is 2.07. The minimum atomic E-state index is -1.00. The van der Waals surface area contributed by atoms with Gasteiger partial charge in [0.15, 0.2) is 0 Å². The molecule has 0 saturated heterocycles. The number of aliphatic hydroxyl groups excluding tert-OH is 1. The maximum absolute atomic E-state index is 10.5. The van der Waals surface area contributed by atoms with Gasteiger partial charge in [0.05, 0.1) is 28.5 Å². The molecule has 19 heavy (non-hydrogen) atoms. The fourth-order valence-corrected chi connectivity index (χ4v) is 3.14. The van der Waals surface area contributed by atoms with Crippen LogP contribution in [-0.2, 0) is 6.54 Å². The van der Waals surface area contributed by atoms with Crippen LogP contribution in [0.5, 0.6) is 0 Å². The molecule has 0 aromatic carbocycles. The predicted molar refractivity (Wildman–Crippen MR) is 76.9 cm³/mol. The second-order valence-corrected chi connectivity index (χ2v) is 6.47. The van der Waals surface area contributed by atoms with Gasteiger partial charge in [0, 0.05) is 6.54 Å². The van der Waals surface area contributed by atoms with Crippen LogP contribution in [0.1, 0.15) is 37.5 Å². The number of halogens is 1. The average molecular weight is 332 g/mol. The molecular formula is C13H22BrN3O2. The van der Waals surface area contributed by atoms with Crippen LogP contribution in [0, 0.1) is 0 Å². The van der Waals surface area contributed by atoms with Crippen molar-refractivity contribution < 1.29 is 10.2 Å². The lowest BCUT2D eigenvalue weighted by Crippen LogP contribution is -2.35.